The second-order valence-electron chi connectivity index (χ2n) is 6.85. The summed E-state index contributed by atoms with van der Waals surface area (Å²) in [7, 11) is 0. The van der Waals surface area contributed by atoms with Gasteiger partial charge in [0.15, 0.2) is 17.2 Å². The predicted octanol–water partition coefficient (Wildman–Crippen LogP) is 6.06. The predicted molar refractivity (Wildman–Crippen MR) is 129 cm³/mol. The molecule has 0 fully saturated rings. The molecule has 0 saturated heterocycles. The van der Waals surface area contributed by atoms with E-state index in [4.69, 9.17) is 25.8 Å². The molecule has 6 nitrogen and oxygen atoms in total. The van der Waals surface area contributed by atoms with Gasteiger partial charge in [0.1, 0.15) is 0 Å². The quantitative estimate of drug-likeness (QED) is 0.222. The van der Waals surface area contributed by atoms with Crippen LogP contribution in [0.25, 0.3) is 6.08 Å². The van der Waals surface area contributed by atoms with Gasteiger partial charge in [0.25, 0.3) is 0 Å². The van der Waals surface area contributed by atoms with Gasteiger partial charge in [-0.3, -0.25) is 0 Å². The molecule has 0 N–H and O–H groups in total. The van der Waals surface area contributed by atoms with E-state index in [-0.39, 0.29) is 22.9 Å². The molecule has 0 spiro atoms. The Balaban J connectivity index is 1.61. The van der Waals surface area contributed by atoms with Gasteiger partial charge < -0.3 is 14.2 Å². The summed E-state index contributed by atoms with van der Waals surface area (Å²) in [4.78, 5) is 29.2. The highest BCUT2D eigenvalue weighted by Gasteiger charge is 2.24. The Labute approximate surface area is 203 Å². The zero-order chi connectivity index (χ0) is 23.4. The third-order valence-corrected chi connectivity index (χ3v) is 5.38. The van der Waals surface area contributed by atoms with Crippen LogP contribution in [0.3, 0.4) is 0 Å². The number of benzene rings is 3. The maximum absolute atomic E-state index is 12.5. The summed E-state index contributed by atoms with van der Waals surface area (Å²) in [6.45, 7) is 2.16. The fourth-order valence-corrected chi connectivity index (χ4v) is 3.67. The molecular weight excluding hydrogens is 510 g/mol. The topological polar surface area (TPSA) is 74.2 Å². The number of hydrogen-bond acceptors (Lipinski definition) is 6. The first-order chi connectivity index (χ1) is 15.9. The lowest BCUT2D eigenvalue weighted by atomic mass is 10.1. The Morgan fingerprint density at radius 3 is 2.67 bits per heavy atom. The van der Waals surface area contributed by atoms with E-state index in [9.17, 15) is 9.59 Å². The van der Waals surface area contributed by atoms with Gasteiger partial charge in [-0.05, 0) is 61.0 Å². The van der Waals surface area contributed by atoms with E-state index >= 15 is 0 Å². The fraction of sp³-hybridized carbons (Fsp3) is 0.0800. The second kappa shape index (κ2) is 10.0. The number of cyclic esters (lactones) is 1. The normalized spacial score (nSPS) is 14.1. The zero-order valence-electron chi connectivity index (χ0n) is 17.4. The molecule has 3 aromatic rings. The van der Waals surface area contributed by atoms with Crippen molar-refractivity contribution in [2.45, 2.75) is 6.92 Å². The molecular formula is C25H17BrClNO5. The van der Waals surface area contributed by atoms with Crippen LogP contribution < -0.4 is 9.47 Å². The number of hydrogen-bond donors (Lipinski definition) is 0. The van der Waals surface area contributed by atoms with Crippen molar-refractivity contribution in [2.24, 2.45) is 4.99 Å². The number of halogens is 2. The van der Waals surface area contributed by atoms with Gasteiger partial charge in [-0.1, -0.05) is 51.8 Å². The highest BCUT2D eigenvalue weighted by molar-refractivity contribution is 9.10. The molecule has 1 aliphatic heterocycles. The molecule has 0 unspecified atom stereocenters. The summed E-state index contributed by atoms with van der Waals surface area (Å²) in [5.41, 5.74) is 1.70. The van der Waals surface area contributed by atoms with Crippen molar-refractivity contribution in [1.82, 2.24) is 0 Å². The van der Waals surface area contributed by atoms with E-state index in [1.165, 1.54) is 0 Å². The summed E-state index contributed by atoms with van der Waals surface area (Å²) in [6, 6.07) is 18.9. The lowest BCUT2D eigenvalue weighted by molar-refractivity contribution is -0.129. The second-order valence-corrected chi connectivity index (χ2v) is 8.18. The molecule has 0 radical (unpaired) electrons. The van der Waals surface area contributed by atoms with Gasteiger partial charge in [0.2, 0.25) is 5.90 Å². The summed E-state index contributed by atoms with van der Waals surface area (Å²) in [5.74, 6) is -0.360. The van der Waals surface area contributed by atoms with Crippen LogP contribution in [0.4, 0.5) is 0 Å². The van der Waals surface area contributed by atoms with Gasteiger partial charge >= 0.3 is 11.9 Å². The highest BCUT2D eigenvalue weighted by atomic mass is 79.9. The minimum Gasteiger partial charge on any atom is -0.490 e. The van der Waals surface area contributed by atoms with Crippen LogP contribution in [0.5, 0.6) is 11.5 Å². The van der Waals surface area contributed by atoms with Crippen molar-refractivity contribution in [3.63, 3.8) is 0 Å². The highest BCUT2D eigenvalue weighted by Crippen LogP contribution is 2.31. The first-order valence-corrected chi connectivity index (χ1v) is 11.1. The van der Waals surface area contributed by atoms with Gasteiger partial charge in [0.05, 0.1) is 17.2 Å². The van der Waals surface area contributed by atoms with Crippen molar-refractivity contribution in [3.8, 4) is 11.5 Å². The molecule has 1 heterocycles. The first kappa shape index (κ1) is 22.8. The Morgan fingerprint density at radius 2 is 1.91 bits per heavy atom. The monoisotopic (exact) mass is 525 g/mol. The van der Waals surface area contributed by atoms with Crippen LogP contribution in [0.15, 0.2) is 81.9 Å². The number of esters is 2. The van der Waals surface area contributed by atoms with Crippen LogP contribution >= 0.6 is 27.5 Å². The smallest absolute Gasteiger partial charge is 0.363 e. The molecule has 33 heavy (non-hydrogen) atoms. The maximum Gasteiger partial charge on any atom is 0.363 e. The minimum atomic E-state index is -0.602. The van der Waals surface area contributed by atoms with Crippen molar-refractivity contribution >= 4 is 51.4 Å². The molecule has 0 aliphatic carbocycles. The summed E-state index contributed by atoms with van der Waals surface area (Å²) < 4.78 is 17.3. The number of rotatable bonds is 6. The minimum absolute atomic E-state index is 0.147. The Bertz CT molecular complexity index is 1300. The Hall–Kier alpha value is -3.42. The van der Waals surface area contributed by atoms with Gasteiger partial charge in [-0.25, -0.2) is 14.6 Å². The number of ether oxygens (including phenoxy) is 3. The van der Waals surface area contributed by atoms with Crippen molar-refractivity contribution in [1.29, 1.82) is 0 Å². The molecule has 0 saturated carbocycles. The van der Waals surface area contributed by atoms with E-state index in [0.717, 1.165) is 4.47 Å². The van der Waals surface area contributed by atoms with Crippen molar-refractivity contribution in [3.05, 3.63) is 98.6 Å². The van der Waals surface area contributed by atoms with Gasteiger partial charge in [0, 0.05) is 10.0 Å². The van der Waals surface area contributed by atoms with Crippen LogP contribution in [0.1, 0.15) is 28.4 Å². The Kier molecular flexibility index (Phi) is 6.91. The van der Waals surface area contributed by atoms with Crippen LogP contribution in [0.2, 0.25) is 5.02 Å². The van der Waals surface area contributed by atoms with E-state index in [1.54, 1.807) is 54.6 Å². The van der Waals surface area contributed by atoms with Gasteiger partial charge in [-0.2, -0.15) is 0 Å². The number of nitrogens with zero attached hydrogens (tertiary/aromatic N) is 1. The van der Waals surface area contributed by atoms with Crippen molar-refractivity contribution in [2.75, 3.05) is 6.61 Å². The molecule has 0 amide bonds. The van der Waals surface area contributed by atoms with Crippen molar-refractivity contribution < 1.29 is 23.8 Å². The standard InChI is InChI=1S/C25H17BrClNO5/c1-2-31-22-13-15(10-11-21(22)32-24(29)18-8-3-4-9-19(18)27)12-20-25(30)33-23(28-20)16-6-5-7-17(26)14-16/h3-14H,2H2,1H3/b20-12-. The number of carbonyl (C=O) groups excluding carboxylic acids is 2. The average Bonchev–Trinajstić information content (AvgIpc) is 3.16. The van der Waals surface area contributed by atoms with Crippen LogP contribution in [-0.4, -0.2) is 24.4 Å². The first-order valence-electron chi connectivity index (χ1n) is 9.96. The molecule has 0 aromatic heterocycles. The summed E-state index contributed by atoms with van der Waals surface area (Å²) in [6.07, 6.45) is 1.58. The van der Waals surface area contributed by atoms with E-state index in [0.29, 0.717) is 28.5 Å². The Morgan fingerprint density at radius 1 is 1.09 bits per heavy atom. The number of carbonyl (C=O) groups is 2. The van der Waals surface area contributed by atoms with Gasteiger partial charge in [-0.15, -0.1) is 0 Å². The van der Waals surface area contributed by atoms with Crippen LogP contribution in [-0.2, 0) is 9.53 Å². The summed E-state index contributed by atoms with van der Waals surface area (Å²) >= 11 is 9.48. The molecule has 0 atom stereocenters. The van der Waals surface area contributed by atoms with Crippen LogP contribution in [0, 0.1) is 0 Å². The molecule has 3 aromatic carbocycles. The lowest BCUT2D eigenvalue weighted by Crippen LogP contribution is -2.10. The lowest BCUT2D eigenvalue weighted by Gasteiger charge is -2.12. The molecule has 4 rings (SSSR count). The number of aliphatic imine (C=N–C) groups is 1. The average molecular weight is 527 g/mol. The SMILES string of the molecule is CCOc1cc(/C=C2\N=C(c3cccc(Br)c3)OC2=O)ccc1OC(=O)c1ccccc1Cl. The maximum atomic E-state index is 12.5. The fourth-order valence-electron chi connectivity index (χ4n) is 3.06. The molecule has 8 heteroatoms. The third-order valence-electron chi connectivity index (χ3n) is 4.56. The van der Waals surface area contributed by atoms with E-state index < -0.39 is 11.9 Å². The zero-order valence-corrected chi connectivity index (χ0v) is 19.7. The van der Waals surface area contributed by atoms with E-state index in [2.05, 4.69) is 20.9 Å². The molecule has 0 bridgehead atoms. The third kappa shape index (κ3) is 5.32. The largest absolute Gasteiger partial charge is 0.490 e. The summed E-state index contributed by atoms with van der Waals surface area (Å²) in [5, 5.41) is 0.292. The van der Waals surface area contributed by atoms with E-state index in [1.807, 2.05) is 25.1 Å². The molecule has 166 valence electrons. The molecule has 1 aliphatic rings.